The summed E-state index contributed by atoms with van der Waals surface area (Å²) in [6, 6.07) is 4.54. The lowest BCUT2D eigenvalue weighted by Crippen LogP contribution is -2.40. The molecule has 1 aliphatic carbocycles. The van der Waals surface area contributed by atoms with E-state index in [1.165, 1.54) is 18.9 Å². The van der Waals surface area contributed by atoms with Crippen molar-refractivity contribution in [2.45, 2.75) is 50.7 Å². The van der Waals surface area contributed by atoms with Crippen molar-refractivity contribution >= 4 is 11.6 Å². The quantitative estimate of drug-likeness (QED) is 0.828. The van der Waals surface area contributed by atoms with Crippen LogP contribution in [0.5, 0.6) is 0 Å². The molecule has 0 saturated heterocycles. The van der Waals surface area contributed by atoms with Crippen LogP contribution in [-0.2, 0) is 6.54 Å². The summed E-state index contributed by atoms with van der Waals surface area (Å²) in [5, 5.41) is 14.2. The summed E-state index contributed by atoms with van der Waals surface area (Å²) >= 11 is 5.85. The Bertz CT molecular complexity index is 417. The minimum atomic E-state index is -0.633. The van der Waals surface area contributed by atoms with Crippen LogP contribution in [0.2, 0.25) is 5.02 Å². The van der Waals surface area contributed by atoms with Crippen molar-refractivity contribution in [3.8, 4) is 0 Å². The first-order valence-electron chi connectivity index (χ1n) is 6.96. The Kier molecular flexibility index (Phi) is 5.20. The van der Waals surface area contributed by atoms with E-state index in [0.717, 1.165) is 25.7 Å². The molecular weight excluding hydrogens is 265 g/mol. The third-order valence-electron chi connectivity index (χ3n) is 3.81. The highest BCUT2D eigenvalue weighted by atomic mass is 35.5. The molecule has 1 aliphatic rings. The van der Waals surface area contributed by atoms with Gasteiger partial charge in [-0.05, 0) is 31.0 Å². The molecule has 0 aromatic heterocycles. The Hall–Kier alpha value is -0.640. The van der Waals surface area contributed by atoms with Crippen LogP contribution in [0, 0.1) is 5.82 Å². The van der Waals surface area contributed by atoms with Gasteiger partial charge in [0.05, 0.1) is 5.60 Å². The van der Waals surface area contributed by atoms with E-state index >= 15 is 0 Å². The molecule has 2 N–H and O–H groups in total. The second kappa shape index (κ2) is 6.69. The normalized spacial score (nSPS) is 19.1. The van der Waals surface area contributed by atoms with Crippen molar-refractivity contribution in [3.63, 3.8) is 0 Å². The smallest absolute Gasteiger partial charge is 0.127 e. The molecule has 106 valence electrons. The first kappa shape index (κ1) is 14.8. The van der Waals surface area contributed by atoms with Gasteiger partial charge in [0.2, 0.25) is 0 Å². The van der Waals surface area contributed by atoms with Crippen LogP contribution in [0.15, 0.2) is 18.2 Å². The third kappa shape index (κ3) is 4.44. The maximum absolute atomic E-state index is 13.5. The lowest BCUT2D eigenvalue weighted by atomic mass is 9.94. The fourth-order valence-electron chi connectivity index (χ4n) is 2.67. The monoisotopic (exact) mass is 285 g/mol. The number of benzene rings is 1. The molecule has 4 heteroatoms. The van der Waals surface area contributed by atoms with Gasteiger partial charge in [-0.2, -0.15) is 0 Å². The molecule has 1 fully saturated rings. The van der Waals surface area contributed by atoms with Crippen molar-refractivity contribution in [2.75, 3.05) is 6.54 Å². The predicted molar refractivity (Wildman–Crippen MR) is 75.8 cm³/mol. The van der Waals surface area contributed by atoms with Gasteiger partial charge in [0.15, 0.2) is 0 Å². The number of aliphatic hydroxyl groups is 1. The maximum atomic E-state index is 13.5. The average Bonchev–Trinajstić information content (AvgIpc) is 2.59. The molecule has 0 heterocycles. The van der Waals surface area contributed by atoms with Gasteiger partial charge < -0.3 is 10.4 Å². The standard InChI is InChI=1S/C15H21ClFNO/c16-13-5-6-14(17)12(9-13)10-18-11-15(19)7-3-1-2-4-8-15/h5-6,9,18-19H,1-4,7-8,10-11H2. The molecule has 0 radical (unpaired) electrons. The molecule has 1 aromatic carbocycles. The van der Waals surface area contributed by atoms with Crippen molar-refractivity contribution < 1.29 is 9.50 Å². The van der Waals surface area contributed by atoms with E-state index in [1.54, 1.807) is 12.1 Å². The average molecular weight is 286 g/mol. The zero-order chi connectivity index (χ0) is 13.7. The summed E-state index contributed by atoms with van der Waals surface area (Å²) < 4.78 is 13.5. The van der Waals surface area contributed by atoms with Gasteiger partial charge in [0, 0.05) is 23.7 Å². The molecule has 1 aromatic rings. The first-order valence-corrected chi connectivity index (χ1v) is 7.34. The van der Waals surface area contributed by atoms with E-state index in [-0.39, 0.29) is 5.82 Å². The summed E-state index contributed by atoms with van der Waals surface area (Å²) in [5.41, 5.74) is -0.0873. The molecule has 0 bridgehead atoms. The van der Waals surface area contributed by atoms with E-state index in [0.29, 0.717) is 23.7 Å². The Morgan fingerprint density at radius 2 is 1.89 bits per heavy atom. The van der Waals surface area contributed by atoms with Gasteiger partial charge in [-0.15, -0.1) is 0 Å². The molecular formula is C15H21ClFNO. The van der Waals surface area contributed by atoms with Gasteiger partial charge in [-0.3, -0.25) is 0 Å². The molecule has 1 saturated carbocycles. The Morgan fingerprint density at radius 3 is 2.58 bits per heavy atom. The van der Waals surface area contributed by atoms with E-state index < -0.39 is 5.60 Å². The van der Waals surface area contributed by atoms with Crippen molar-refractivity contribution in [2.24, 2.45) is 0 Å². The van der Waals surface area contributed by atoms with Gasteiger partial charge in [-0.25, -0.2) is 4.39 Å². The highest BCUT2D eigenvalue weighted by Crippen LogP contribution is 2.26. The fourth-order valence-corrected chi connectivity index (χ4v) is 2.87. The molecule has 2 nitrogen and oxygen atoms in total. The number of halogens is 2. The van der Waals surface area contributed by atoms with E-state index in [9.17, 15) is 9.50 Å². The van der Waals surface area contributed by atoms with Crippen molar-refractivity contribution in [1.29, 1.82) is 0 Å². The van der Waals surface area contributed by atoms with Crippen LogP contribution < -0.4 is 5.32 Å². The Morgan fingerprint density at radius 1 is 1.21 bits per heavy atom. The lowest BCUT2D eigenvalue weighted by Gasteiger charge is -2.27. The highest BCUT2D eigenvalue weighted by Gasteiger charge is 2.27. The molecule has 2 rings (SSSR count). The van der Waals surface area contributed by atoms with Gasteiger partial charge in [0.25, 0.3) is 0 Å². The summed E-state index contributed by atoms with van der Waals surface area (Å²) in [4.78, 5) is 0. The molecule has 0 spiro atoms. The van der Waals surface area contributed by atoms with Gasteiger partial charge in [0.1, 0.15) is 5.82 Å². The number of nitrogens with one attached hydrogen (secondary N) is 1. The second-order valence-corrected chi connectivity index (χ2v) is 5.91. The third-order valence-corrected chi connectivity index (χ3v) is 4.05. The number of hydrogen-bond acceptors (Lipinski definition) is 2. The van der Waals surface area contributed by atoms with Crippen LogP contribution in [0.25, 0.3) is 0 Å². The second-order valence-electron chi connectivity index (χ2n) is 5.48. The van der Waals surface area contributed by atoms with Crippen molar-refractivity contribution in [1.82, 2.24) is 5.32 Å². The van der Waals surface area contributed by atoms with Crippen molar-refractivity contribution in [3.05, 3.63) is 34.6 Å². The number of hydrogen-bond donors (Lipinski definition) is 2. The zero-order valence-electron chi connectivity index (χ0n) is 11.1. The lowest BCUT2D eigenvalue weighted by molar-refractivity contribution is 0.0250. The molecule has 0 amide bonds. The number of rotatable bonds is 4. The SMILES string of the molecule is OC1(CNCc2cc(Cl)ccc2F)CCCCCC1. The fraction of sp³-hybridized carbons (Fsp3) is 0.600. The summed E-state index contributed by atoms with van der Waals surface area (Å²) in [6.07, 6.45) is 6.21. The van der Waals surface area contributed by atoms with Crippen LogP contribution in [0.1, 0.15) is 44.1 Å². The predicted octanol–water partition coefficient (Wildman–Crippen LogP) is 3.65. The zero-order valence-corrected chi connectivity index (χ0v) is 11.8. The summed E-state index contributed by atoms with van der Waals surface area (Å²) in [5.74, 6) is -0.259. The minimum absolute atomic E-state index is 0.259. The Labute approximate surface area is 119 Å². The topological polar surface area (TPSA) is 32.3 Å². The van der Waals surface area contributed by atoms with E-state index in [4.69, 9.17) is 11.6 Å². The minimum Gasteiger partial charge on any atom is -0.389 e. The van der Waals surface area contributed by atoms with Crippen LogP contribution in [0.3, 0.4) is 0 Å². The largest absolute Gasteiger partial charge is 0.389 e. The van der Waals surface area contributed by atoms with E-state index in [1.807, 2.05) is 0 Å². The summed E-state index contributed by atoms with van der Waals surface area (Å²) in [6.45, 7) is 0.910. The molecule has 19 heavy (non-hydrogen) atoms. The molecule has 0 unspecified atom stereocenters. The Balaban J connectivity index is 1.86. The first-order chi connectivity index (χ1) is 9.09. The highest BCUT2D eigenvalue weighted by molar-refractivity contribution is 6.30. The summed E-state index contributed by atoms with van der Waals surface area (Å²) in [7, 11) is 0. The van der Waals surface area contributed by atoms with Gasteiger partial charge >= 0.3 is 0 Å². The maximum Gasteiger partial charge on any atom is 0.127 e. The van der Waals surface area contributed by atoms with E-state index in [2.05, 4.69) is 5.32 Å². The van der Waals surface area contributed by atoms with Gasteiger partial charge in [-0.1, -0.05) is 37.3 Å². The molecule has 0 atom stereocenters. The van der Waals surface area contributed by atoms with Crippen LogP contribution in [0.4, 0.5) is 4.39 Å². The van der Waals surface area contributed by atoms with Crippen LogP contribution >= 0.6 is 11.6 Å². The van der Waals surface area contributed by atoms with Crippen LogP contribution in [-0.4, -0.2) is 17.3 Å². The molecule has 0 aliphatic heterocycles.